The molecule has 0 aromatic rings. The maximum absolute atomic E-state index is 3.18. The van der Waals surface area contributed by atoms with Crippen LogP contribution in [0, 0.1) is 0 Å². The van der Waals surface area contributed by atoms with Gasteiger partial charge in [0, 0.05) is 6.04 Å². The highest BCUT2D eigenvalue weighted by Gasteiger charge is 1.90. The van der Waals surface area contributed by atoms with Crippen LogP contribution in [0.15, 0.2) is 47.6 Å². The highest BCUT2D eigenvalue weighted by Crippen LogP contribution is 1.99. The Labute approximate surface area is 94.3 Å². The van der Waals surface area contributed by atoms with E-state index < -0.39 is 0 Å². The van der Waals surface area contributed by atoms with Gasteiger partial charge in [-0.3, -0.25) is 0 Å². The Morgan fingerprint density at radius 3 is 2.07 bits per heavy atom. The normalized spacial score (nSPS) is 16.6. The van der Waals surface area contributed by atoms with Crippen molar-refractivity contribution >= 4 is 0 Å². The van der Waals surface area contributed by atoms with Crippen LogP contribution in [0.3, 0.4) is 0 Å². The van der Waals surface area contributed by atoms with E-state index >= 15 is 0 Å². The van der Waals surface area contributed by atoms with Gasteiger partial charge in [-0.1, -0.05) is 47.6 Å². The van der Waals surface area contributed by atoms with Gasteiger partial charge in [-0.2, -0.15) is 0 Å². The Hall–Kier alpha value is -1.08. The highest BCUT2D eigenvalue weighted by atomic mass is 14.8. The zero-order valence-electron chi connectivity index (χ0n) is 10.5. The predicted octanol–water partition coefficient (Wildman–Crippen LogP) is 3.62. The zero-order chi connectivity index (χ0) is 11.7. The molecule has 0 rings (SSSR count). The summed E-state index contributed by atoms with van der Waals surface area (Å²) in [6.45, 7) is 8.39. The van der Waals surface area contributed by atoms with E-state index in [0.717, 1.165) is 0 Å². The minimum atomic E-state index is 0.427. The lowest BCUT2D eigenvalue weighted by Gasteiger charge is -2.03. The molecule has 0 saturated heterocycles. The van der Waals surface area contributed by atoms with Crippen molar-refractivity contribution < 1.29 is 0 Å². The van der Waals surface area contributed by atoms with Crippen LogP contribution in [0.25, 0.3) is 0 Å². The second kappa shape index (κ2) is 8.25. The van der Waals surface area contributed by atoms with Gasteiger partial charge in [0.2, 0.25) is 0 Å². The van der Waals surface area contributed by atoms with Crippen molar-refractivity contribution in [3.8, 4) is 0 Å². The van der Waals surface area contributed by atoms with Gasteiger partial charge in [0.15, 0.2) is 0 Å². The summed E-state index contributed by atoms with van der Waals surface area (Å²) < 4.78 is 0. The highest BCUT2D eigenvalue weighted by molar-refractivity contribution is 5.25. The molecule has 0 radical (unpaired) electrons. The molecule has 15 heavy (non-hydrogen) atoms. The van der Waals surface area contributed by atoms with Gasteiger partial charge < -0.3 is 5.32 Å². The van der Waals surface area contributed by atoms with Crippen molar-refractivity contribution in [2.24, 2.45) is 0 Å². The largest absolute Gasteiger partial charge is 0.314 e. The van der Waals surface area contributed by atoms with Crippen LogP contribution in [0.2, 0.25) is 0 Å². The van der Waals surface area contributed by atoms with Crippen molar-refractivity contribution in [2.75, 3.05) is 7.05 Å². The van der Waals surface area contributed by atoms with Gasteiger partial charge in [-0.25, -0.2) is 0 Å². The summed E-state index contributed by atoms with van der Waals surface area (Å²) in [6, 6.07) is 0.427. The minimum Gasteiger partial charge on any atom is -0.314 e. The summed E-state index contributed by atoms with van der Waals surface area (Å²) in [7, 11) is 1.97. The lowest BCUT2D eigenvalue weighted by atomic mass is 10.2. The number of rotatable bonds is 5. The SMILES string of the molecule is C/C=C(C)/C=C\C=C/C(C)=C/C(C)NC. The van der Waals surface area contributed by atoms with Crippen LogP contribution < -0.4 is 5.32 Å². The quantitative estimate of drug-likeness (QED) is 0.676. The Kier molecular flexibility index (Phi) is 7.65. The van der Waals surface area contributed by atoms with Crippen LogP contribution in [0.5, 0.6) is 0 Å². The molecule has 0 fully saturated rings. The molecule has 0 aromatic heterocycles. The molecule has 0 bridgehead atoms. The van der Waals surface area contributed by atoms with Crippen molar-refractivity contribution in [1.82, 2.24) is 5.32 Å². The topological polar surface area (TPSA) is 12.0 Å². The van der Waals surface area contributed by atoms with Crippen molar-refractivity contribution in [3.05, 3.63) is 47.6 Å². The summed E-state index contributed by atoms with van der Waals surface area (Å²) in [6.07, 6.45) is 12.7. The molecule has 0 aliphatic heterocycles. The van der Waals surface area contributed by atoms with Crippen LogP contribution >= 0.6 is 0 Å². The number of allylic oxidation sites excluding steroid dienone is 7. The van der Waals surface area contributed by atoms with Gasteiger partial charge >= 0.3 is 0 Å². The molecule has 1 heteroatoms. The molecule has 0 saturated carbocycles. The Bertz CT molecular complexity index is 280. The van der Waals surface area contributed by atoms with Gasteiger partial charge in [0.25, 0.3) is 0 Å². The fraction of sp³-hybridized carbons (Fsp3) is 0.429. The molecular weight excluding hydrogens is 182 g/mol. The van der Waals surface area contributed by atoms with E-state index in [9.17, 15) is 0 Å². The summed E-state index contributed by atoms with van der Waals surface area (Å²) in [5, 5.41) is 3.18. The molecule has 0 aliphatic carbocycles. The number of nitrogens with one attached hydrogen (secondary N) is 1. The van der Waals surface area contributed by atoms with Crippen LogP contribution in [0.1, 0.15) is 27.7 Å². The third-order valence-corrected chi connectivity index (χ3v) is 2.25. The molecule has 0 spiro atoms. The van der Waals surface area contributed by atoms with Gasteiger partial charge in [-0.05, 0) is 34.7 Å². The molecule has 1 atom stereocenters. The number of hydrogen-bond donors (Lipinski definition) is 1. The first-order valence-electron chi connectivity index (χ1n) is 5.43. The van der Waals surface area contributed by atoms with Crippen molar-refractivity contribution in [2.45, 2.75) is 33.7 Å². The first-order valence-corrected chi connectivity index (χ1v) is 5.43. The fourth-order valence-corrected chi connectivity index (χ4v) is 1.04. The maximum atomic E-state index is 3.18. The number of likely N-dealkylation sites (N-methyl/N-ethyl adjacent to an activating group) is 1. The summed E-state index contributed by atoms with van der Waals surface area (Å²) in [5.41, 5.74) is 2.56. The third kappa shape index (κ3) is 7.95. The molecule has 0 aromatic carbocycles. The van der Waals surface area contributed by atoms with E-state index in [1.807, 2.05) is 14.0 Å². The Balaban J connectivity index is 4.18. The van der Waals surface area contributed by atoms with Gasteiger partial charge in [0.1, 0.15) is 0 Å². The third-order valence-electron chi connectivity index (χ3n) is 2.25. The van der Waals surface area contributed by atoms with Gasteiger partial charge in [-0.15, -0.1) is 0 Å². The standard InChI is InChI=1S/C14H23N/c1-6-12(2)9-7-8-10-13(3)11-14(4)15-5/h6-11,14-15H,1-5H3/b9-7-,10-8-,12-6+,13-11+. The van der Waals surface area contributed by atoms with E-state index in [1.165, 1.54) is 11.1 Å². The van der Waals surface area contributed by atoms with Crippen LogP contribution in [-0.4, -0.2) is 13.1 Å². The average Bonchev–Trinajstić information content (AvgIpc) is 2.23. The predicted molar refractivity (Wildman–Crippen MR) is 70.0 cm³/mol. The van der Waals surface area contributed by atoms with Crippen molar-refractivity contribution in [3.63, 3.8) is 0 Å². The summed E-state index contributed by atoms with van der Waals surface area (Å²) in [4.78, 5) is 0. The molecule has 1 nitrogen and oxygen atoms in total. The molecule has 1 N–H and O–H groups in total. The van der Waals surface area contributed by atoms with Gasteiger partial charge in [0.05, 0.1) is 0 Å². The molecule has 0 amide bonds. The van der Waals surface area contributed by atoms with Crippen LogP contribution in [-0.2, 0) is 0 Å². The molecule has 0 aliphatic rings. The van der Waals surface area contributed by atoms with E-state index in [0.29, 0.717) is 6.04 Å². The maximum Gasteiger partial charge on any atom is 0.0224 e. The first kappa shape index (κ1) is 13.9. The van der Waals surface area contributed by atoms with Crippen molar-refractivity contribution in [1.29, 1.82) is 0 Å². The zero-order valence-corrected chi connectivity index (χ0v) is 10.5. The Morgan fingerprint density at radius 1 is 1.07 bits per heavy atom. The molecule has 0 heterocycles. The van der Waals surface area contributed by atoms with E-state index in [4.69, 9.17) is 0 Å². The average molecular weight is 205 g/mol. The summed E-state index contributed by atoms with van der Waals surface area (Å²) >= 11 is 0. The Morgan fingerprint density at radius 2 is 1.60 bits per heavy atom. The number of hydrogen-bond acceptors (Lipinski definition) is 1. The van der Waals surface area contributed by atoms with E-state index in [1.54, 1.807) is 0 Å². The fourth-order valence-electron chi connectivity index (χ4n) is 1.04. The molecular formula is C14H23N. The lowest BCUT2D eigenvalue weighted by Crippen LogP contribution is -2.18. The lowest BCUT2D eigenvalue weighted by molar-refractivity contribution is 0.726. The first-order chi connectivity index (χ1) is 7.10. The second-order valence-corrected chi connectivity index (χ2v) is 3.74. The summed E-state index contributed by atoms with van der Waals surface area (Å²) in [5.74, 6) is 0. The monoisotopic (exact) mass is 205 g/mol. The van der Waals surface area contributed by atoms with E-state index in [2.05, 4.69) is 62.5 Å². The molecule has 1 unspecified atom stereocenters. The smallest absolute Gasteiger partial charge is 0.0224 e. The van der Waals surface area contributed by atoms with Crippen LogP contribution in [0.4, 0.5) is 0 Å². The van der Waals surface area contributed by atoms with E-state index in [-0.39, 0.29) is 0 Å². The second-order valence-electron chi connectivity index (χ2n) is 3.74. The molecule has 84 valence electrons. The minimum absolute atomic E-state index is 0.427.